The van der Waals surface area contributed by atoms with Crippen LogP contribution in [0.4, 0.5) is 5.00 Å². The topological polar surface area (TPSA) is 89.6 Å². The third-order valence-electron chi connectivity index (χ3n) is 4.55. The number of nitrogens with one attached hydrogen (secondary N) is 2. The van der Waals surface area contributed by atoms with E-state index in [2.05, 4.69) is 13.2 Å². The summed E-state index contributed by atoms with van der Waals surface area (Å²) in [7, 11) is 0. The smallest absolute Gasteiger partial charge is 0.308 e. The number of thiophene rings is 1. The molecule has 0 spiro atoms. The van der Waals surface area contributed by atoms with Gasteiger partial charge >= 0.3 is 5.97 Å². The van der Waals surface area contributed by atoms with Crippen LogP contribution in [0, 0.1) is 24.7 Å². The predicted octanol–water partition coefficient (Wildman–Crippen LogP) is 6.37. The Morgan fingerprint density at radius 3 is 2.34 bits per heavy atom. The van der Waals surface area contributed by atoms with Crippen LogP contribution in [0.5, 0.6) is 0 Å². The fraction of sp³-hybridized carbons (Fsp3) is 0.440. The number of carbonyl (C=O) groups excluding carboxylic acids is 1. The highest BCUT2D eigenvalue weighted by molar-refractivity contribution is 7.17. The molecule has 1 aromatic heterocycles. The van der Waals surface area contributed by atoms with Crippen molar-refractivity contribution in [2.45, 2.75) is 73.5 Å². The zero-order valence-corrected chi connectivity index (χ0v) is 21.4. The van der Waals surface area contributed by atoms with Crippen molar-refractivity contribution in [1.29, 1.82) is 10.8 Å². The van der Waals surface area contributed by atoms with Crippen molar-refractivity contribution in [3.8, 4) is 0 Å². The van der Waals surface area contributed by atoms with Crippen molar-refractivity contribution in [2.75, 3.05) is 4.90 Å². The summed E-state index contributed by atoms with van der Waals surface area (Å²) in [6.45, 7) is 22.7. The number of fused-ring (bicyclic) bond motifs is 1. The molecule has 2 N–H and O–H groups in total. The molecule has 0 saturated heterocycles. The molecule has 6 nitrogen and oxygen atoms in total. The van der Waals surface area contributed by atoms with Gasteiger partial charge in [0.1, 0.15) is 28.3 Å². The minimum Gasteiger partial charge on any atom is -0.460 e. The zero-order chi connectivity index (χ0) is 24.8. The van der Waals surface area contributed by atoms with Crippen LogP contribution in [-0.4, -0.2) is 35.0 Å². The Morgan fingerprint density at radius 1 is 1.28 bits per heavy atom. The summed E-state index contributed by atoms with van der Waals surface area (Å²) >= 11 is 1.51. The lowest BCUT2D eigenvalue weighted by Gasteiger charge is -2.25. The first kappa shape index (κ1) is 27.2. The number of nitrogens with zero attached hydrogens (tertiary/aromatic N) is 2. The highest BCUT2D eigenvalue weighted by Gasteiger charge is 2.35. The molecule has 0 aliphatic carbocycles. The van der Waals surface area contributed by atoms with Gasteiger partial charge in [-0.2, -0.15) is 0 Å². The number of rotatable bonds is 5. The number of amidine groups is 2. The fourth-order valence-electron chi connectivity index (χ4n) is 3.19. The molecule has 0 saturated carbocycles. The van der Waals surface area contributed by atoms with Crippen LogP contribution in [0.2, 0.25) is 0 Å². The molecular formula is C25H36N4O2S. The summed E-state index contributed by atoms with van der Waals surface area (Å²) in [5, 5.41) is 17.9. The van der Waals surface area contributed by atoms with Crippen LogP contribution in [0.25, 0.3) is 0 Å². The number of anilines is 1. The van der Waals surface area contributed by atoms with E-state index in [1.165, 1.54) is 11.3 Å². The van der Waals surface area contributed by atoms with Gasteiger partial charge in [0.2, 0.25) is 0 Å². The molecule has 2 heterocycles. The van der Waals surface area contributed by atoms with Crippen LogP contribution in [0.15, 0.2) is 42.0 Å². The molecule has 0 radical (unpaired) electrons. The largest absolute Gasteiger partial charge is 0.460 e. The van der Waals surface area contributed by atoms with Crippen molar-refractivity contribution in [2.24, 2.45) is 4.99 Å². The van der Waals surface area contributed by atoms with E-state index >= 15 is 0 Å². The van der Waals surface area contributed by atoms with Gasteiger partial charge in [-0.05, 0) is 52.7 Å². The molecule has 0 amide bonds. The zero-order valence-electron chi connectivity index (χ0n) is 20.5. The average Bonchev–Trinajstić information content (AvgIpc) is 2.91. The standard InChI is InChI=1S/C23H30N4O2S.C2H6/c1-9-11-16(10-2)20-19-13(3)14(4)30-22(19)27(15(5)24)21(25)17(26-20)12-18(28)29-23(6,7)8;1-2/h9-11,17,24-25H,1-2,12H2,3-8H3;1-2H3/b16-11+,24-15?,25-21?;. The number of allylic oxidation sites excluding steroid dienone is 4. The van der Waals surface area contributed by atoms with E-state index in [1.54, 1.807) is 44.7 Å². The highest BCUT2D eigenvalue weighted by Crippen LogP contribution is 2.40. The first-order valence-electron chi connectivity index (χ1n) is 10.7. The molecule has 32 heavy (non-hydrogen) atoms. The lowest BCUT2D eigenvalue weighted by Crippen LogP contribution is -2.41. The number of carbonyl (C=O) groups is 1. The number of hydrogen-bond donors (Lipinski definition) is 2. The van der Waals surface area contributed by atoms with E-state index in [-0.39, 0.29) is 18.1 Å². The van der Waals surface area contributed by atoms with E-state index in [1.807, 2.05) is 33.8 Å². The molecule has 1 atom stereocenters. The molecule has 1 unspecified atom stereocenters. The van der Waals surface area contributed by atoms with Gasteiger partial charge in [-0.3, -0.25) is 25.5 Å². The van der Waals surface area contributed by atoms with Crippen molar-refractivity contribution < 1.29 is 9.53 Å². The summed E-state index contributed by atoms with van der Waals surface area (Å²) in [5.74, 6) is -0.164. The highest BCUT2D eigenvalue weighted by atomic mass is 32.1. The van der Waals surface area contributed by atoms with Crippen LogP contribution >= 0.6 is 11.3 Å². The molecular weight excluding hydrogens is 420 g/mol. The molecule has 1 aliphatic rings. The Bertz CT molecular complexity index is 977. The van der Waals surface area contributed by atoms with Gasteiger partial charge in [0.05, 0.1) is 12.1 Å². The van der Waals surface area contributed by atoms with Gasteiger partial charge in [-0.1, -0.05) is 45.2 Å². The Hall–Kier alpha value is -2.80. The van der Waals surface area contributed by atoms with Crippen LogP contribution in [0.3, 0.4) is 0 Å². The number of esters is 1. The van der Waals surface area contributed by atoms with Gasteiger partial charge in [0, 0.05) is 10.4 Å². The Kier molecular flexibility index (Phi) is 9.51. The monoisotopic (exact) mass is 456 g/mol. The predicted molar refractivity (Wildman–Crippen MR) is 138 cm³/mol. The van der Waals surface area contributed by atoms with Crippen molar-refractivity contribution in [3.63, 3.8) is 0 Å². The van der Waals surface area contributed by atoms with E-state index < -0.39 is 17.6 Å². The van der Waals surface area contributed by atoms with Gasteiger partial charge < -0.3 is 4.74 Å². The van der Waals surface area contributed by atoms with Gasteiger partial charge in [-0.25, -0.2) is 0 Å². The summed E-state index contributed by atoms with van der Waals surface area (Å²) in [5.41, 5.74) is 2.65. The molecule has 0 fully saturated rings. The van der Waals surface area contributed by atoms with Crippen molar-refractivity contribution >= 4 is 39.7 Å². The van der Waals surface area contributed by atoms with Crippen LogP contribution in [0.1, 0.15) is 64.0 Å². The fourth-order valence-corrected chi connectivity index (χ4v) is 4.41. The van der Waals surface area contributed by atoms with Gasteiger partial charge in [0.15, 0.2) is 0 Å². The van der Waals surface area contributed by atoms with E-state index in [9.17, 15) is 4.79 Å². The normalized spacial score (nSPS) is 16.2. The van der Waals surface area contributed by atoms with Gasteiger partial charge in [0.25, 0.3) is 0 Å². The number of aliphatic imine (C=N–C) groups is 1. The number of ether oxygens (including phenoxy) is 1. The van der Waals surface area contributed by atoms with Gasteiger partial charge in [-0.15, -0.1) is 11.3 Å². The lowest BCUT2D eigenvalue weighted by molar-refractivity contribution is -0.154. The molecule has 7 heteroatoms. The van der Waals surface area contributed by atoms with E-state index in [0.717, 1.165) is 26.6 Å². The summed E-state index contributed by atoms with van der Waals surface area (Å²) < 4.78 is 5.47. The first-order valence-corrected chi connectivity index (χ1v) is 11.5. The second kappa shape index (κ2) is 11.2. The van der Waals surface area contributed by atoms with Crippen molar-refractivity contribution in [3.05, 3.63) is 53.0 Å². The Balaban J connectivity index is 0.00000249. The third-order valence-corrected chi connectivity index (χ3v) is 5.75. The summed E-state index contributed by atoms with van der Waals surface area (Å²) in [6, 6.07) is -0.789. The first-order chi connectivity index (χ1) is 14.9. The second-order valence-electron chi connectivity index (χ2n) is 8.12. The summed E-state index contributed by atoms with van der Waals surface area (Å²) in [4.78, 5) is 20.0. The summed E-state index contributed by atoms with van der Waals surface area (Å²) in [6.07, 6.45) is 5.07. The molecule has 0 aromatic carbocycles. The van der Waals surface area contributed by atoms with E-state index in [0.29, 0.717) is 5.71 Å². The second-order valence-corrected chi connectivity index (χ2v) is 9.32. The maximum atomic E-state index is 12.6. The SMILES string of the molecule is C=C/C=C(\C=C)C1=NC(CC(=O)OC(C)(C)C)C(=N)N(C(C)=N)c2sc(C)c(C)c21.CC. The third kappa shape index (κ3) is 6.13. The molecule has 1 aromatic rings. The van der Waals surface area contributed by atoms with Crippen molar-refractivity contribution in [1.82, 2.24) is 0 Å². The minimum atomic E-state index is -0.789. The Labute approximate surface area is 196 Å². The lowest BCUT2D eigenvalue weighted by atomic mass is 9.99. The van der Waals surface area contributed by atoms with Crippen LogP contribution < -0.4 is 4.90 Å². The number of hydrogen-bond acceptors (Lipinski definition) is 6. The maximum Gasteiger partial charge on any atom is 0.308 e. The average molecular weight is 457 g/mol. The molecule has 0 bridgehead atoms. The number of aryl methyl sites for hydroxylation is 1. The van der Waals surface area contributed by atoms with E-state index in [4.69, 9.17) is 20.5 Å². The molecule has 1 aliphatic heterocycles. The maximum absolute atomic E-state index is 12.6. The van der Waals surface area contributed by atoms with Crippen LogP contribution in [-0.2, 0) is 9.53 Å². The molecule has 174 valence electrons. The Morgan fingerprint density at radius 2 is 1.88 bits per heavy atom. The molecule has 2 rings (SSSR count). The quantitative estimate of drug-likeness (QED) is 0.233. The minimum absolute atomic E-state index is 0.0767.